The van der Waals surface area contributed by atoms with Gasteiger partial charge in [0.15, 0.2) is 5.16 Å². The molecule has 1 amide bonds. The smallest absolute Gasteiger partial charge is 0.234 e. The summed E-state index contributed by atoms with van der Waals surface area (Å²) in [6.45, 7) is 8.73. The maximum Gasteiger partial charge on any atom is 0.234 e. The van der Waals surface area contributed by atoms with Gasteiger partial charge in [-0.25, -0.2) is 0 Å². The van der Waals surface area contributed by atoms with E-state index in [9.17, 15) is 4.79 Å². The van der Waals surface area contributed by atoms with Crippen molar-refractivity contribution in [2.75, 3.05) is 11.1 Å². The highest BCUT2D eigenvalue weighted by Gasteiger charge is 2.14. The maximum absolute atomic E-state index is 12.4. The zero-order chi connectivity index (χ0) is 20.6. The highest BCUT2D eigenvalue weighted by molar-refractivity contribution is 7.99. The van der Waals surface area contributed by atoms with Crippen molar-refractivity contribution in [3.05, 3.63) is 84.2 Å². The minimum absolute atomic E-state index is 0.0648. The fourth-order valence-corrected chi connectivity index (χ4v) is 3.69. The lowest BCUT2D eigenvalue weighted by molar-refractivity contribution is -0.113. The minimum Gasteiger partial charge on any atom is -0.325 e. The number of carbonyl (C=O) groups is 1. The van der Waals surface area contributed by atoms with E-state index >= 15 is 0 Å². The van der Waals surface area contributed by atoms with E-state index in [1.807, 2.05) is 53.1 Å². The van der Waals surface area contributed by atoms with Crippen molar-refractivity contribution in [1.29, 1.82) is 0 Å². The van der Waals surface area contributed by atoms with Crippen LogP contribution < -0.4 is 5.32 Å². The molecule has 3 aromatic rings. The number of nitrogens with zero attached hydrogens (tertiary/aromatic N) is 3. The maximum atomic E-state index is 12.4. The molecule has 0 aliphatic heterocycles. The van der Waals surface area contributed by atoms with E-state index in [2.05, 4.69) is 48.1 Å². The SMILES string of the molecule is C=CCn1c(Cc2ccccc2)nnc1SCC(=O)Nc1ccc(C(C)C)cc1. The molecule has 0 bridgehead atoms. The summed E-state index contributed by atoms with van der Waals surface area (Å²) in [5, 5.41) is 12.3. The molecule has 0 aliphatic rings. The van der Waals surface area contributed by atoms with Crippen LogP contribution in [-0.4, -0.2) is 26.4 Å². The molecular weight excluding hydrogens is 380 g/mol. The molecule has 6 heteroatoms. The number of thioether (sulfide) groups is 1. The van der Waals surface area contributed by atoms with Crippen LogP contribution in [0.15, 0.2) is 72.4 Å². The average Bonchev–Trinajstić information content (AvgIpc) is 3.09. The van der Waals surface area contributed by atoms with Gasteiger partial charge in [0.25, 0.3) is 0 Å². The van der Waals surface area contributed by atoms with Crippen LogP contribution in [0.25, 0.3) is 0 Å². The highest BCUT2D eigenvalue weighted by atomic mass is 32.2. The molecule has 0 aliphatic carbocycles. The second-order valence-electron chi connectivity index (χ2n) is 7.07. The number of allylic oxidation sites excluding steroid dienone is 1. The molecule has 5 nitrogen and oxygen atoms in total. The van der Waals surface area contributed by atoms with Crippen molar-refractivity contribution < 1.29 is 4.79 Å². The van der Waals surface area contributed by atoms with Crippen LogP contribution in [0.3, 0.4) is 0 Å². The Morgan fingerprint density at radius 1 is 1.14 bits per heavy atom. The van der Waals surface area contributed by atoms with Crippen molar-refractivity contribution in [1.82, 2.24) is 14.8 Å². The molecular formula is C23H26N4OS. The molecule has 3 rings (SSSR count). The number of carbonyl (C=O) groups excluding carboxylic acids is 1. The quantitative estimate of drug-likeness (QED) is 0.405. The standard InChI is InChI=1S/C23H26N4OS/c1-4-14-27-21(15-18-8-6-5-7-9-18)25-26-23(27)29-16-22(28)24-20-12-10-19(11-13-20)17(2)3/h4-13,17H,1,14-16H2,2-3H3,(H,24,28). The van der Waals surface area contributed by atoms with Crippen molar-refractivity contribution in [2.45, 2.75) is 37.9 Å². The highest BCUT2D eigenvalue weighted by Crippen LogP contribution is 2.21. The molecule has 29 heavy (non-hydrogen) atoms. The third-order valence-corrected chi connectivity index (χ3v) is 5.47. The van der Waals surface area contributed by atoms with Gasteiger partial charge in [-0.2, -0.15) is 0 Å². The van der Waals surface area contributed by atoms with Crippen LogP contribution in [0, 0.1) is 0 Å². The minimum atomic E-state index is -0.0648. The first-order chi connectivity index (χ1) is 14.1. The van der Waals surface area contributed by atoms with E-state index in [0.29, 0.717) is 18.9 Å². The third kappa shape index (κ3) is 5.81. The Bertz CT molecular complexity index is 949. The molecule has 2 aromatic carbocycles. The number of rotatable bonds is 9. The van der Waals surface area contributed by atoms with Gasteiger partial charge in [-0.3, -0.25) is 4.79 Å². The molecule has 0 saturated heterocycles. The summed E-state index contributed by atoms with van der Waals surface area (Å²) in [5.74, 6) is 1.54. The molecule has 150 valence electrons. The summed E-state index contributed by atoms with van der Waals surface area (Å²) in [6, 6.07) is 18.1. The number of benzene rings is 2. The molecule has 1 N–H and O–H groups in total. The first kappa shape index (κ1) is 20.9. The number of nitrogens with one attached hydrogen (secondary N) is 1. The van der Waals surface area contributed by atoms with Crippen molar-refractivity contribution >= 4 is 23.4 Å². The third-order valence-electron chi connectivity index (χ3n) is 4.50. The van der Waals surface area contributed by atoms with Gasteiger partial charge in [0, 0.05) is 18.7 Å². The van der Waals surface area contributed by atoms with Crippen LogP contribution in [0.5, 0.6) is 0 Å². The predicted octanol–water partition coefficient (Wildman–Crippen LogP) is 4.91. The van der Waals surface area contributed by atoms with Gasteiger partial charge < -0.3 is 9.88 Å². The Labute approximate surface area is 176 Å². The first-order valence-corrected chi connectivity index (χ1v) is 10.6. The number of hydrogen-bond acceptors (Lipinski definition) is 4. The van der Waals surface area contributed by atoms with Crippen LogP contribution in [0.2, 0.25) is 0 Å². The lowest BCUT2D eigenvalue weighted by Gasteiger charge is -2.09. The Hall–Kier alpha value is -2.86. The summed E-state index contributed by atoms with van der Waals surface area (Å²) in [4.78, 5) is 12.4. The molecule has 1 heterocycles. The second-order valence-corrected chi connectivity index (χ2v) is 8.02. The van der Waals surface area contributed by atoms with Crippen LogP contribution in [0.4, 0.5) is 5.69 Å². The summed E-state index contributed by atoms with van der Waals surface area (Å²) in [5.41, 5.74) is 3.22. The summed E-state index contributed by atoms with van der Waals surface area (Å²) in [6.07, 6.45) is 2.51. The molecule has 0 unspecified atom stereocenters. The van der Waals surface area contributed by atoms with E-state index in [4.69, 9.17) is 0 Å². The summed E-state index contributed by atoms with van der Waals surface area (Å²) in [7, 11) is 0. The van der Waals surface area contributed by atoms with Gasteiger partial charge in [-0.05, 0) is 29.2 Å². The average molecular weight is 407 g/mol. The van der Waals surface area contributed by atoms with Crippen LogP contribution >= 0.6 is 11.8 Å². The largest absolute Gasteiger partial charge is 0.325 e. The zero-order valence-electron chi connectivity index (χ0n) is 16.8. The Balaban J connectivity index is 1.62. The van der Waals surface area contributed by atoms with Gasteiger partial charge in [0.05, 0.1) is 5.75 Å². The fourth-order valence-electron chi connectivity index (χ4n) is 2.93. The van der Waals surface area contributed by atoms with Gasteiger partial charge in [-0.1, -0.05) is 74.1 Å². The van der Waals surface area contributed by atoms with Crippen LogP contribution in [0.1, 0.15) is 36.7 Å². The normalized spacial score (nSPS) is 10.9. The van der Waals surface area contributed by atoms with E-state index in [1.54, 1.807) is 0 Å². The fraction of sp³-hybridized carbons (Fsp3) is 0.261. The molecule has 0 radical (unpaired) electrons. The number of aromatic nitrogens is 3. The Morgan fingerprint density at radius 2 is 1.86 bits per heavy atom. The zero-order valence-corrected chi connectivity index (χ0v) is 17.7. The molecule has 0 atom stereocenters. The molecule has 1 aromatic heterocycles. The number of amides is 1. The van der Waals surface area contributed by atoms with Crippen molar-refractivity contribution in [3.63, 3.8) is 0 Å². The second kappa shape index (κ2) is 10.1. The summed E-state index contributed by atoms with van der Waals surface area (Å²) < 4.78 is 2.01. The van der Waals surface area contributed by atoms with Crippen LogP contribution in [-0.2, 0) is 17.8 Å². The van der Waals surface area contributed by atoms with Crippen molar-refractivity contribution in [3.8, 4) is 0 Å². The van der Waals surface area contributed by atoms with E-state index in [0.717, 1.165) is 16.7 Å². The monoisotopic (exact) mass is 406 g/mol. The number of hydrogen-bond donors (Lipinski definition) is 1. The Morgan fingerprint density at radius 3 is 2.52 bits per heavy atom. The lowest BCUT2D eigenvalue weighted by atomic mass is 10.0. The van der Waals surface area contributed by atoms with E-state index < -0.39 is 0 Å². The molecule has 0 spiro atoms. The van der Waals surface area contributed by atoms with Gasteiger partial charge >= 0.3 is 0 Å². The van der Waals surface area contributed by atoms with E-state index in [1.165, 1.54) is 22.9 Å². The van der Waals surface area contributed by atoms with Crippen molar-refractivity contribution in [2.24, 2.45) is 0 Å². The Kier molecular flexibility index (Phi) is 7.25. The lowest BCUT2D eigenvalue weighted by Crippen LogP contribution is -2.15. The summed E-state index contributed by atoms with van der Waals surface area (Å²) >= 11 is 1.38. The molecule has 0 fully saturated rings. The first-order valence-electron chi connectivity index (χ1n) is 9.66. The molecule has 0 saturated carbocycles. The van der Waals surface area contributed by atoms with Gasteiger partial charge in [0.1, 0.15) is 5.82 Å². The van der Waals surface area contributed by atoms with Gasteiger partial charge in [0.2, 0.25) is 5.91 Å². The number of anilines is 1. The topological polar surface area (TPSA) is 59.8 Å². The van der Waals surface area contributed by atoms with E-state index in [-0.39, 0.29) is 11.7 Å². The predicted molar refractivity (Wildman–Crippen MR) is 119 cm³/mol. The van der Waals surface area contributed by atoms with Gasteiger partial charge in [-0.15, -0.1) is 16.8 Å².